The van der Waals surface area contributed by atoms with E-state index in [1.54, 1.807) is 12.1 Å². The van der Waals surface area contributed by atoms with E-state index in [2.05, 4.69) is 10.2 Å². The van der Waals surface area contributed by atoms with Crippen LogP contribution >= 0.6 is 23.2 Å². The minimum atomic E-state index is -3.74. The van der Waals surface area contributed by atoms with Gasteiger partial charge >= 0.3 is 0 Å². The molecule has 0 spiro atoms. The summed E-state index contributed by atoms with van der Waals surface area (Å²) in [5.74, 6) is -0.444. The number of hydrogen-bond donors (Lipinski definition) is 1. The maximum absolute atomic E-state index is 12.5. The maximum Gasteiger partial charge on any atom is 0.241 e. The zero-order chi connectivity index (χ0) is 22.4. The van der Waals surface area contributed by atoms with Gasteiger partial charge in [-0.1, -0.05) is 53.5 Å². The normalized spacial score (nSPS) is 14.9. The van der Waals surface area contributed by atoms with Crippen molar-refractivity contribution in [1.29, 1.82) is 0 Å². The van der Waals surface area contributed by atoms with E-state index >= 15 is 0 Å². The first kappa shape index (κ1) is 23.8. The predicted octanol–water partition coefficient (Wildman–Crippen LogP) is 2.91. The molecule has 0 aromatic heterocycles. The number of hydrogen-bond acceptors (Lipinski definition) is 5. The van der Waals surface area contributed by atoms with Gasteiger partial charge in [-0.25, -0.2) is 8.42 Å². The summed E-state index contributed by atoms with van der Waals surface area (Å²) >= 11 is 12.2. The van der Waals surface area contributed by atoms with Crippen LogP contribution in [0.2, 0.25) is 10.0 Å². The number of anilines is 1. The lowest BCUT2D eigenvalue weighted by Crippen LogP contribution is -2.40. The van der Waals surface area contributed by atoms with Crippen LogP contribution in [0.3, 0.4) is 0 Å². The Morgan fingerprint density at radius 3 is 2.52 bits per heavy atom. The lowest BCUT2D eigenvalue weighted by Gasteiger charge is -2.26. The van der Waals surface area contributed by atoms with Crippen molar-refractivity contribution >= 4 is 44.8 Å². The quantitative estimate of drug-likeness (QED) is 0.621. The number of sulfonamides is 1. The van der Waals surface area contributed by atoms with Crippen molar-refractivity contribution in [1.82, 2.24) is 10.2 Å². The smallest absolute Gasteiger partial charge is 0.241 e. The van der Waals surface area contributed by atoms with Gasteiger partial charge in [-0.3, -0.25) is 14.0 Å². The molecular formula is C21H25Cl2N3O4S. The summed E-state index contributed by atoms with van der Waals surface area (Å²) in [5.41, 5.74) is 2.25. The van der Waals surface area contributed by atoms with Crippen LogP contribution in [-0.4, -0.2) is 58.3 Å². The molecule has 7 nitrogen and oxygen atoms in total. The average Bonchev–Trinajstić information content (AvgIpc) is 2.73. The highest BCUT2D eigenvalue weighted by atomic mass is 35.5. The second-order valence-electron chi connectivity index (χ2n) is 7.33. The Kier molecular flexibility index (Phi) is 8.18. The summed E-state index contributed by atoms with van der Waals surface area (Å²) in [7, 11) is -3.74. The summed E-state index contributed by atoms with van der Waals surface area (Å²) in [4.78, 5) is 14.8. The van der Waals surface area contributed by atoms with Gasteiger partial charge < -0.3 is 10.1 Å². The Morgan fingerprint density at radius 2 is 1.81 bits per heavy atom. The average molecular weight is 486 g/mol. The number of ether oxygens (including phenoxy) is 1. The minimum Gasteiger partial charge on any atom is -0.379 e. The molecule has 0 bridgehead atoms. The topological polar surface area (TPSA) is 79.0 Å². The highest BCUT2D eigenvalue weighted by molar-refractivity contribution is 7.92. The van der Waals surface area contributed by atoms with Gasteiger partial charge in [-0.15, -0.1) is 0 Å². The van der Waals surface area contributed by atoms with Crippen molar-refractivity contribution in [2.24, 2.45) is 0 Å². The molecule has 0 unspecified atom stereocenters. The number of amides is 1. The largest absolute Gasteiger partial charge is 0.379 e. The summed E-state index contributed by atoms with van der Waals surface area (Å²) in [6.07, 6.45) is 1.02. The van der Waals surface area contributed by atoms with Crippen molar-refractivity contribution in [2.45, 2.75) is 13.1 Å². The minimum absolute atomic E-state index is 0.0817. The van der Waals surface area contributed by atoms with E-state index in [0.29, 0.717) is 0 Å². The number of carbonyl (C=O) groups is 1. The zero-order valence-electron chi connectivity index (χ0n) is 17.2. The number of carbonyl (C=O) groups excluding carboxylic acids is 1. The van der Waals surface area contributed by atoms with E-state index in [9.17, 15) is 13.2 Å². The van der Waals surface area contributed by atoms with Crippen LogP contribution in [0, 0.1) is 0 Å². The molecule has 1 fully saturated rings. The molecule has 168 valence electrons. The van der Waals surface area contributed by atoms with E-state index in [1.165, 1.54) is 6.07 Å². The third-order valence-corrected chi connectivity index (χ3v) is 6.81. The first-order valence-electron chi connectivity index (χ1n) is 9.80. The van der Waals surface area contributed by atoms with Gasteiger partial charge in [-0.2, -0.15) is 0 Å². The van der Waals surface area contributed by atoms with Crippen molar-refractivity contribution < 1.29 is 17.9 Å². The summed E-state index contributed by atoms with van der Waals surface area (Å²) in [6.45, 7) is 3.98. The fraction of sp³-hybridized carbons (Fsp3) is 0.381. The van der Waals surface area contributed by atoms with Crippen molar-refractivity contribution in [2.75, 3.05) is 43.4 Å². The molecule has 0 aliphatic carbocycles. The molecule has 2 aromatic carbocycles. The van der Waals surface area contributed by atoms with Gasteiger partial charge in [0, 0.05) is 26.2 Å². The van der Waals surface area contributed by atoms with E-state index in [0.717, 1.165) is 54.5 Å². The molecule has 10 heteroatoms. The summed E-state index contributed by atoms with van der Waals surface area (Å²) in [5, 5.41) is 3.08. The Bertz CT molecular complexity index is 1030. The van der Waals surface area contributed by atoms with Crippen molar-refractivity contribution in [3.05, 3.63) is 63.6 Å². The Labute approximate surface area is 192 Å². The van der Waals surface area contributed by atoms with Gasteiger partial charge in [0.1, 0.15) is 6.54 Å². The standard InChI is InChI=1S/C21H25Cl2N3O4S/c1-31(28,29)26(19-7-3-6-18(22)21(19)23)15-20(27)24-13-16-4-2-5-17(12-16)14-25-8-10-30-11-9-25/h2-7,12H,8-11,13-15H2,1H3,(H,24,27). The highest BCUT2D eigenvalue weighted by Gasteiger charge is 2.23. The van der Waals surface area contributed by atoms with Gasteiger partial charge in [0.15, 0.2) is 0 Å². The predicted molar refractivity (Wildman–Crippen MR) is 123 cm³/mol. The number of rotatable bonds is 8. The van der Waals surface area contributed by atoms with Gasteiger partial charge in [0.25, 0.3) is 0 Å². The lowest BCUT2D eigenvalue weighted by molar-refractivity contribution is -0.119. The van der Waals surface area contributed by atoms with Crippen LogP contribution in [0.5, 0.6) is 0 Å². The summed E-state index contributed by atoms with van der Waals surface area (Å²) in [6, 6.07) is 12.6. The van der Waals surface area contributed by atoms with E-state index < -0.39 is 22.5 Å². The molecule has 3 rings (SSSR count). The second kappa shape index (κ2) is 10.7. The first-order valence-corrected chi connectivity index (χ1v) is 12.4. The molecule has 31 heavy (non-hydrogen) atoms. The molecule has 0 saturated carbocycles. The zero-order valence-corrected chi connectivity index (χ0v) is 19.5. The molecular weight excluding hydrogens is 461 g/mol. The van der Waals surface area contributed by atoms with Crippen molar-refractivity contribution in [3.63, 3.8) is 0 Å². The van der Waals surface area contributed by atoms with Crippen LogP contribution in [0.25, 0.3) is 0 Å². The third kappa shape index (κ3) is 6.82. The lowest BCUT2D eigenvalue weighted by atomic mass is 10.1. The Balaban J connectivity index is 1.63. The Morgan fingerprint density at radius 1 is 1.13 bits per heavy atom. The second-order valence-corrected chi connectivity index (χ2v) is 10.0. The molecule has 1 saturated heterocycles. The van der Waals surface area contributed by atoms with E-state index in [-0.39, 0.29) is 22.3 Å². The van der Waals surface area contributed by atoms with Crippen LogP contribution in [0.1, 0.15) is 11.1 Å². The number of nitrogens with one attached hydrogen (secondary N) is 1. The number of nitrogens with zero attached hydrogens (tertiary/aromatic N) is 2. The van der Waals surface area contributed by atoms with E-state index in [4.69, 9.17) is 27.9 Å². The highest BCUT2D eigenvalue weighted by Crippen LogP contribution is 2.33. The van der Waals surface area contributed by atoms with Crippen LogP contribution in [-0.2, 0) is 32.6 Å². The first-order chi connectivity index (χ1) is 14.7. The molecule has 0 atom stereocenters. The van der Waals surface area contributed by atoms with E-state index in [1.807, 2.05) is 24.3 Å². The van der Waals surface area contributed by atoms with Gasteiger partial charge in [-0.05, 0) is 23.3 Å². The summed E-state index contributed by atoms with van der Waals surface area (Å²) < 4.78 is 30.9. The SMILES string of the molecule is CS(=O)(=O)N(CC(=O)NCc1cccc(CN2CCOCC2)c1)c1cccc(Cl)c1Cl. The van der Waals surface area contributed by atoms with Crippen molar-refractivity contribution in [3.8, 4) is 0 Å². The van der Waals surface area contributed by atoms with Gasteiger partial charge in [0.05, 0.1) is 35.2 Å². The van der Waals surface area contributed by atoms with Gasteiger partial charge in [0.2, 0.25) is 15.9 Å². The Hall–Kier alpha value is -1.84. The van der Waals surface area contributed by atoms with Crippen LogP contribution in [0.15, 0.2) is 42.5 Å². The van der Waals surface area contributed by atoms with Crippen LogP contribution < -0.4 is 9.62 Å². The number of halogens is 2. The third-order valence-electron chi connectivity index (χ3n) is 4.88. The molecule has 1 aliphatic heterocycles. The fourth-order valence-electron chi connectivity index (χ4n) is 3.31. The molecule has 1 N–H and O–H groups in total. The monoisotopic (exact) mass is 485 g/mol. The number of benzene rings is 2. The molecule has 0 radical (unpaired) electrons. The molecule has 1 amide bonds. The number of morpholine rings is 1. The molecule has 1 heterocycles. The van der Waals surface area contributed by atoms with Crippen LogP contribution in [0.4, 0.5) is 5.69 Å². The molecule has 1 aliphatic rings. The molecule has 2 aromatic rings. The fourth-order valence-corrected chi connectivity index (χ4v) is 4.62. The maximum atomic E-state index is 12.5.